The van der Waals surface area contributed by atoms with Gasteiger partial charge in [-0.15, -0.1) is 0 Å². The Labute approximate surface area is 91.1 Å². The Bertz CT molecular complexity index is 251. The summed E-state index contributed by atoms with van der Waals surface area (Å²) in [7, 11) is 0. The van der Waals surface area contributed by atoms with Gasteiger partial charge in [0.05, 0.1) is 6.61 Å². The topological polar surface area (TPSA) is 41.5 Å². The maximum atomic E-state index is 9.10. The third-order valence-corrected chi connectivity index (χ3v) is 2.08. The van der Waals surface area contributed by atoms with Crippen LogP contribution in [0.1, 0.15) is 19.8 Å². The number of hydrogen-bond donors (Lipinski definition) is 2. The van der Waals surface area contributed by atoms with Gasteiger partial charge in [-0.05, 0) is 18.6 Å². The summed E-state index contributed by atoms with van der Waals surface area (Å²) in [6, 6.07) is 9.75. The molecule has 1 aromatic carbocycles. The Hall–Kier alpha value is -1.06. The van der Waals surface area contributed by atoms with E-state index in [-0.39, 0.29) is 12.8 Å². The Morgan fingerprint density at radius 1 is 1.33 bits per heavy atom. The first-order valence-corrected chi connectivity index (χ1v) is 5.41. The molecule has 0 aromatic heterocycles. The lowest BCUT2D eigenvalue weighted by Crippen LogP contribution is -2.27. The zero-order chi connectivity index (χ0) is 10.9. The summed E-state index contributed by atoms with van der Waals surface area (Å²) in [5.41, 5.74) is 0.966. The number of hydrogen-bond acceptors (Lipinski definition) is 3. The first kappa shape index (κ1) is 12.0. The van der Waals surface area contributed by atoms with E-state index >= 15 is 0 Å². The summed E-state index contributed by atoms with van der Waals surface area (Å²) in [5, 5.41) is 12.2. The van der Waals surface area contributed by atoms with Crippen LogP contribution in [0.4, 0.5) is 5.69 Å². The van der Waals surface area contributed by atoms with Crippen LogP contribution in [0.5, 0.6) is 0 Å². The summed E-state index contributed by atoms with van der Waals surface area (Å²) in [6.45, 7) is 2.78. The fraction of sp³-hybridized carbons (Fsp3) is 0.500. The van der Waals surface area contributed by atoms with E-state index in [1.54, 1.807) is 0 Å². The summed E-state index contributed by atoms with van der Waals surface area (Å²) in [5.74, 6) is 0. The van der Waals surface area contributed by atoms with Crippen LogP contribution < -0.4 is 5.32 Å². The van der Waals surface area contributed by atoms with Gasteiger partial charge in [0.2, 0.25) is 0 Å². The van der Waals surface area contributed by atoms with Crippen LogP contribution in [0.25, 0.3) is 0 Å². The molecular weight excluding hydrogens is 190 g/mol. The molecule has 2 N–H and O–H groups in total. The van der Waals surface area contributed by atoms with Crippen molar-refractivity contribution in [1.29, 1.82) is 0 Å². The van der Waals surface area contributed by atoms with Crippen LogP contribution in [-0.4, -0.2) is 24.5 Å². The lowest BCUT2D eigenvalue weighted by molar-refractivity contribution is 0.0294. The molecule has 3 heteroatoms. The van der Waals surface area contributed by atoms with E-state index in [1.165, 1.54) is 0 Å². The van der Waals surface area contributed by atoms with Gasteiger partial charge in [0.15, 0.2) is 6.23 Å². The molecule has 1 rings (SSSR count). The molecule has 0 bridgehead atoms. The zero-order valence-corrected chi connectivity index (χ0v) is 9.15. The maximum Gasteiger partial charge on any atom is 0.151 e. The second-order valence-electron chi connectivity index (χ2n) is 3.41. The molecule has 0 amide bonds. The van der Waals surface area contributed by atoms with Crippen LogP contribution in [-0.2, 0) is 4.74 Å². The van der Waals surface area contributed by atoms with E-state index < -0.39 is 0 Å². The SMILES string of the molecule is CCCCOC(CO)Nc1ccccc1. The predicted octanol–water partition coefficient (Wildman–Crippen LogP) is 2.23. The van der Waals surface area contributed by atoms with Gasteiger partial charge in [0, 0.05) is 12.3 Å². The molecule has 0 saturated heterocycles. The van der Waals surface area contributed by atoms with E-state index in [4.69, 9.17) is 9.84 Å². The maximum absolute atomic E-state index is 9.10. The highest BCUT2D eigenvalue weighted by Gasteiger charge is 2.05. The van der Waals surface area contributed by atoms with Crippen LogP contribution in [0.3, 0.4) is 0 Å². The summed E-state index contributed by atoms with van der Waals surface area (Å²) < 4.78 is 5.47. The standard InChI is InChI=1S/C12H19NO2/c1-2-3-9-15-12(10-14)13-11-7-5-4-6-8-11/h4-8,12-14H,2-3,9-10H2,1H3. The predicted molar refractivity (Wildman–Crippen MR) is 61.8 cm³/mol. The molecule has 0 spiro atoms. The molecule has 0 fully saturated rings. The van der Waals surface area contributed by atoms with Crippen molar-refractivity contribution in [1.82, 2.24) is 0 Å². The van der Waals surface area contributed by atoms with E-state index in [1.807, 2.05) is 30.3 Å². The van der Waals surface area contributed by atoms with E-state index in [0.717, 1.165) is 18.5 Å². The minimum atomic E-state index is -0.307. The molecule has 1 atom stereocenters. The number of para-hydroxylation sites is 1. The van der Waals surface area contributed by atoms with Crippen LogP contribution in [0.2, 0.25) is 0 Å². The van der Waals surface area contributed by atoms with Crippen molar-refractivity contribution < 1.29 is 9.84 Å². The van der Waals surface area contributed by atoms with Gasteiger partial charge in [-0.3, -0.25) is 0 Å². The van der Waals surface area contributed by atoms with Gasteiger partial charge in [-0.1, -0.05) is 31.5 Å². The number of ether oxygens (including phenoxy) is 1. The Kier molecular flexibility index (Phi) is 5.81. The number of nitrogens with one attached hydrogen (secondary N) is 1. The van der Waals surface area contributed by atoms with Gasteiger partial charge < -0.3 is 15.2 Å². The zero-order valence-electron chi connectivity index (χ0n) is 9.15. The van der Waals surface area contributed by atoms with Crippen molar-refractivity contribution in [3.05, 3.63) is 30.3 Å². The van der Waals surface area contributed by atoms with E-state index in [2.05, 4.69) is 12.2 Å². The molecule has 3 nitrogen and oxygen atoms in total. The third kappa shape index (κ3) is 4.81. The van der Waals surface area contributed by atoms with Crippen LogP contribution in [0.15, 0.2) is 30.3 Å². The van der Waals surface area contributed by atoms with Crippen LogP contribution >= 0.6 is 0 Å². The molecule has 0 heterocycles. The molecular formula is C12H19NO2. The van der Waals surface area contributed by atoms with Gasteiger partial charge in [0.25, 0.3) is 0 Å². The second-order valence-corrected chi connectivity index (χ2v) is 3.41. The molecule has 15 heavy (non-hydrogen) atoms. The van der Waals surface area contributed by atoms with E-state index in [0.29, 0.717) is 6.61 Å². The van der Waals surface area contributed by atoms with E-state index in [9.17, 15) is 0 Å². The lowest BCUT2D eigenvalue weighted by Gasteiger charge is -2.18. The number of aliphatic hydroxyl groups excluding tert-OH is 1. The first-order chi connectivity index (χ1) is 7.36. The molecule has 0 aliphatic rings. The smallest absolute Gasteiger partial charge is 0.151 e. The molecule has 1 aromatic rings. The molecule has 0 radical (unpaired) electrons. The van der Waals surface area contributed by atoms with Crippen molar-refractivity contribution in [3.8, 4) is 0 Å². The minimum absolute atomic E-state index is 0.0153. The van der Waals surface area contributed by atoms with Crippen molar-refractivity contribution in [2.24, 2.45) is 0 Å². The van der Waals surface area contributed by atoms with Crippen LogP contribution in [0, 0.1) is 0 Å². The van der Waals surface area contributed by atoms with Gasteiger partial charge in [-0.25, -0.2) is 0 Å². The highest BCUT2D eigenvalue weighted by atomic mass is 16.5. The Morgan fingerprint density at radius 3 is 2.67 bits per heavy atom. The second kappa shape index (κ2) is 7.26. The summed E-state index contributed by atoms with van der Waals surface area (Å²) in [4.78, 5) is 0. The summed E-state index contributed by atoms with van der Waals surface area (Å²) >= 11 is 0. The molecule has 0 aliphatic heterocycles. The Morgan fingerprint density at radius 2 is 2.07 bits per heavy atom. The molecule has 84 valence electrons. The first-order valence-electron chi connectivity index (χ1n) is 5.41. The normalized spacial score (nSPS) is 12.4. The molecule has 1 unspecified atom stereocenters. The monoisotopic (exact) mass is 209 g/mol. The van der Waals surface area contributed by atoms with Gasteiger partial charge in [-0.2, -0.15) is 0 Å². The number of aliphatic hydroxyl groups is 1. The van der Waals surface area contributed by atoms with Crippen molar-refractivity contribution >= 4 is 5.69 Å². The number of benzene rings is 1. The number of anilines is 1. The average molecular weight is 209 g/mol. The van der Waals surface area contributed by atoms with Crippen molar-refractivity contribution in [2.75, 3.05) is 18.5 Å². The Balaban J connectivity index is 2.33. The average Bonchev–Trinajstić information content (AvgIpc) is 2.29. The third-order valence-electron chi connectivity index (χ3n) is 2.08. The highest BCUT2D eigenvalue weighted by Crippen LogP contribution is 2.07. The number of unbranched alkanes of at least 4 members (excludes halogenated alkanes) is 1. The van der Waals surface area contributed by atoms with Crippen molar-refractivity contribution in [2.45, 2.75) is 26.0 Å². The fourth-order valence-electron chi connectivity index (χ4n) is 1.23. The van der Waals surface area contributed by atoms with Gasteiger partial charge in [0.1, 0.15) is 0 Å². The molecule has 0 saturated carbocycles. The largest absolute Gasteiger partial charge is 0.392 e. The molecule has 0 aliphatic carbocycles. The van der Waals surface area contributed by atoms with Gasteiger partial charge >= 0.3 is 0 Å². The quantitative estimate of drug-likeness (QED) is 0.534. The fourth-order valence-corrected chi connectivity index (χ4v) is 1.23. The number of rotatable bonds is 7. The lowest BCUT2D eigenvalue weighted by atomic mass is 10.3. The highest BCUT2D eigenvalue weighted by molar-refractivity contribution is 5.42. The summed E-state index contributed by atoms with van der Waals surface area (Å²) in [6.07, 6.45) is 1.81. The minimum Gasteiger partial charge on any atom is -0.392 e. The van der Waals surface area contributed by atoms with Crippen molar-refractivity contribution in [3.63, 3.8) is 0 Å².